The fourth-order valence-electron chi connectivity index (χ4n) is 3.59. The molecule has 1 atom stereocenters. The summed E-state index contributed by atoms with van der Waals surface area (Å²) in [6.07, 6.45) is 9.48. The molecule has 0 saturated carbocycles. The number of hydrogen-bond donors (Lipinski definition) is 1. The van der Waals surface area contributed by atoms with E-state index in [1.807, 2.05) is 18.3 Å². The highest BCUT2D eigenvalue weighted by Crippen LogP contribution is 2.38. The van der Waals surface area contributed by atoms with Crippen molar-refractivity contribution < 1.29 is 4.52 Å². The standard InChI is InChI=1S/C24H28N8O/c1-14(2)8-18-12-28-20(13-26-18)21-31-22(32-33-21)24(5,15(3)4)17-6-7-19(27-11-17)16-9-29-23(25)30-10-16/h6-7,9-15H,8H2,1-5H3,(H2,25,29,30). The van der Waals surface area contributed by atoms with Crippen LogP contribution in [0.2, 0.25) is 0 Å². The first-order valence-corrected chi connectivity index (χ1v) is 11.0. The molecule has 2 N–H and O–H groups in total. The number of nitrogens with zero attached hydrogens (tertiary/aromatic N) is 7. The largest absolute Gasteiger partial charge is 0.368 e. The first-order chi connectivity index (χ1) is 15.8. The normalized spacial score (nSPS) is 13.4. The molecule has 0 spiro atoms. The Hall–Kier alpha value is -3.75. The highest BCUT2D eigenvalue weighted by Gasteiger charge is 2.38. The van der Waals surface area contributed by atoms with Gasteiger partial charge in [-0.1, -0.05) is 38.9 Å². The molecule has 170 valence electrons. The lowest BCUT2D eigenvalue weighted by molar-refractivity contribution is 0.350. The van der Waals surface area contributed by atoms with Crippen LogP contribution in [0.1, 0.15) is 51.7 Å². The molecule has 9 nitrogen and oxygen atoms in total. The van der Waals surface area contributed by atoms with Crippen LogP contribution in [-0.2, 0) is 11.8 Å². The number of aromatic nitrogens is 7. The molecule has 0 aliphatic rings. The van der Waals surface area contributed by atoms with Gasteiger partial charge in [-0.15, -0.1) is 0 Å². The van der Waals surface area contributed by atoms with E-state index in [1.165, 1.54) is 0 Å². The van der Waals surface area contributed by atoms with Crippen molar-refractivity contribution in [1.29, 1.82) is 0 Å². The summed E-state index contributed by atoms with van der Waals surface area (Å²) in [4.78, 5) is 26.3. The highest BCUT2D eigenvalue weighted by atomic mass is 16.5. The van der Waals surface area contributed by atoms with Crippen molar-refractivity contribution in [2.24, 2.45) is 11.8 Å². The van der Waals surface area contributed by atoms with E-state index in [0.29, 0.717) is 23.3 Å². The van der Waals surface area contributed by atoms with Crippen molar-refractivity contribution in [2.75, 3.05) is 5.73 Å². The molecule has 33 heavy (non-hydrogen) atoms. The van der Waals surface area contributed by atoms with E-state index in [1.54, 1.807) is 24.8 Å². The SMILES string of the molecule is CC(C)Cc1cnc(-c2nc(C(C)(c3ccc(-c4cnc(N)nc4)nc3)C(C)C)no2)cn1. The predicted octanol–water partition coefficient (Wildman–Crippen LogP) is 4.12. The summed E-state index contributed by atoms with van der Waals surface area (Å²) in [5.41, 5.74) is 9.09. The number of pyridine rings is 1. The van der Waals surface area contributed by atoms with E-state index < -0.39 is 5.41 Å². The fourth-order valence-corrected chi connectivity index (χ4v) is 3.59. The van der Waals surface area contributed by atoms with E-state index in [0.717, 1.165) is 28.9 Å². The molecule has 4 aromatic heterocycles. The van der Waals surface area contributed by atoms with Crippen molar-refractivity contribution >= 4 is 5.95 Å². The fraction of sp³-hybridized carbons (Fsp3) is 0.375. The maximum atomic E-state index is 5.58. The number of nitrogen functional groups attached to an aromatic ring is 1. The van der Waals surface area contributed by atoms with Gasteiger partial charge in [-0.05, 0) is 36.8 Å². The number of rotatable bonds is 7. The lowest BCUT2D eigenvalue weighted by Crippen LogP contribution is -2.31. The molecule has 9 heteroatoms. The minimum Gasteiger partial charge on any atom is -0.368 e. The van der Waals surface area contributed by atoms with Gasteiger partial charge in [0, 0.05) is 30.4 Å². The molecular formula is C24H28N8O. The van der Waals surface area contributed by atoms with Crippen molar-refractivity contribution in [3.63, 3.8) is 0 Å². The van der Waals surface area contributed by atoms with Gasteiger partial charge in [0.15, 0.2) is 5.82 Å². The average molecular weight is 445 g/mol. The third kappa shape index (κ3) is 4.57. The smallest absolute Gasteiger partial charge is 0.278 e. The van der Waals surface area contributed by atoms with E-state index in [4.69, 9.17) is 10.3 Å². The van der Waals surface area contributed by atoms with E-state index in [9.17, 15) is 0 Å². The minimum atomic E-state index is -0.518. The van der Waals surface area contributed by atoms with Gasteiger partial charge in [0.05, 0.1) is 23.0 Å². The summed E-state index contributed by atoms with van der Waals surface area (Å²) < 4.78 is 5.58. The zero-order valence-corrected chi connectivity index (χ0v) is 19.5. The monoisotopic (exact) mass is 444 g/mol. The summed E-state index contributed by atoms with van der Waals surface area (Å²) in [6, 6.07) is 3.96. The Bertz CT molecular complexity index is 1200. The van der Waals surface area contributed by atoms with Gasteiger partial charge in [0.1, 0.15) is 5.69 Å². The van der Waals surface area contributed by atoms with Gasteiger partial charge in [-0.2, -0.15) is 4.98 Å². The van der Waals surface area contributed by atoms with Crippen LogP contribution in [-0.4, -0.2) is 35.1 Å². The third-order valence-corrected chi connectivity index (χ3v) is 5.92. The van der Waals surface area contributed by atoms with Gasteiger partial charge in [-0.3, -0.25) is 9.97 Å². The second kappa shape index (κ2) is 9.01. The van der Waals surface area contributed by atoms with Crippen LogP contribution in [0.25, 0.3) is 22.8 Å². The van der Waals surface area contributed by atoms with Crippen LogP contribution >= 0.6 is 0 Å². The molecule has 0 aliphatic carbocycles. The quantitative estimate of drug-likeness (QED) is 0.447. The zero-order valence-electron chi connectivity index (χ0n) is 19.5. The van der Waals surface area contributed by atoms with Crippen molar-refractivity contribution in [1.82, 2.24) is 35.1 Å². The van der Waals surface area contributed by atoms with Crippen molar-refractivity contribution in [3.8, 4) is 22.8 Å². The molecule has 1 unspecified atom stereocenters. The zero-order chi connectivity index (χ0) is 23.6. The maximum absolute atomic E-state index is 5.58. The van der Waals surface area contributed by atoms with Crippen LogP contribution in [0.5, 0.6) is 0 Å². The molecule has 0 radical (unpaired) electrons. The molecule has 0 fully saturated rings. The Morgan fingerprint density at radius 3 is 2.18 bits per heavy atom. The van der Waals surface area contributed by atoms with E-state index >= 15 is 0 Å². The minimum absolute atomic E-state index is 0.176. The highest BCUT2D eigenvalue weighted by molar-refractivity contribution is 5.57. The van der Waals surface area contributed by atoms with Gasteiger partial charge < -0.3 is 10.3 Å². The van der Waals surface area contributed by atoms with Crippen LogP contribution in [0, 0.1) is 11.8 Å². The second-order valence-corrected chi connectivity index (χ2v) is 9.03. The van der Waals surface area contributed by atoms with Gasteiger partial charge in [0.2, 0.25) is 5.95 Å². The molecule has 0 bridgehead atoms. The number of nitrogens with two attached hydrogens (primary N) is 1. The molecule has 4 rings (SSSR count). The lowest BCUT2D eigenvalue weighted by atomic mass is 9.73. The Balaban J connectivity index is 1.63. The Labute approximate surface area is 193 Å². The topological polar surface area (TPSA) is 129 Å². The third-order valence-electron chi connectivity index (χ3n) is 5.92. The summed E-state index contributed by atoms with van der Waals surface area (Å²) in [6.45, 7) is 10.6. The maximum Gasteiger partial charge on any atom is 0.278 e. The van der Waals surface area contributed by atoms with Crippen LogP contribution < -0.4 is 5.73 Å². The first kappa shape index (κ1) is 22.4. The summed E-state index contributed by atoms with van der Waals surface area (Å²) in [5, 5.41) is 4.31. The van der Waals surface area contributed by atoms with E-state index in [2.05, 4.69) is 69.7 Å². The summed E-state index contributed by atoms with van der Waals surface area (Å²) in [5.74, 6) is 1.85. The second-order valence-electron chi connectivity index (χ2n) is 9.03. The molecule has 0 saturated heterocycles. The van der Waals surface area contributed by atoms with Crippen molar-refractivity contribution in [3.05, 3.63) is 60.2 Å². The van der Waals surface area contributed by atoms with Gasteiger partial charge in [-0.25, -0.2) is 15.0 Å². The summed E-state index contributed by atoms with van der Waals surface area (Å²) in [7, 11) is 0. The molecule has 0 aromatic carbocycles. The Morgan fingerprint density at radius 2 is 1.61 bits per heavy atom. The van der Waals surface area contributed by atoms with Crippen LogP contribution in [0.4, 0.5) is 5.95 Å². The molecule has 4 heterocycles. The molecule has 4 aromatic rings. The van der Waals surface area contributed by atoms with Gasteiger partial charge >= 0.3 is 0 Å². The molecular weight excluding hydrogens is 416 g/mol. The Kier molecular flexibility index (Phi) is 6.13. The number of hydrogen-bond acceptors (Lipinski definition) is 9. The number of anilines is 1. The molecule has 0 aliphatic heterocycles. The first-order valence-electron chi connectivity index (χ1n) is 11.0. The van der Waals surface area contributed by atoms with Crippen LogP contribution in [0.15, 0.2) is 47.6 Å². The molecule has 0 amide bonds. The van der Waals surface area contributed by atoms with Crippen LogP contribution in [0.3, 0.4) is 0 Å². The lowest BCUT2D eigenvalue weighted by Gasteiger charge is -2.30. The summed E-state index contributed by atoms with van der Waals surface area (Å²) >= 11 is 0. The van der Waals surface area contributed by atoms with Crippen molar-refractivity contribution in [2.45, 2.75) is 46.5 Å². The Morgan fingerprint density at radius 1 is 0.879 bits per heavy atom. The average Bonchev–Trinajstić information content (AvgIpc) is 3.30. The van der Waals surface area contributed by atoms with Gasteiger partial charge in [0.25, 0.3) is 5.89 Å². The predicted molar refractivity (Wildman–Crippen MR) is 125 cm³/mol. The van der Waals surface area contributed by atoms with E-state index in [-0.39, 0.29) is 11.9 Å².